The molecule has 3 amide bonds. The molecule has 1 atom stereocenters. The summed E-state index contributed by atoms with van der Waals surface area (Å²) in [7, 11) is 0. The van der Waals surface area contributed by atoms with Crippen molar-refractivity contribution < 1.29 is 19.4 Å². The predicted molar refractivity (Wildman–Crippen MR) is 69.7 cm³/mol. The number of nitrogens with zero attached hydrogens (tertiary/aromatic N) is 1. The van der Waals surface area contributed by atoms with Gasteiger partial charge >= 0.3 is 6.03 Å². The maximum Gasteiger partial charge on any atom is 0.321 e. The van der Waals surface area contributed by atoms with E-state index in [4.69, 9.17) is 4.74 Å². The molecule has 1 unspecified atom stereocenters. The Labute approximate surface area is 113 Å². The van der Waals surface area contributed by atoms with Gasteiger partial charge in [-0.15, -0.1) is 0 Å². The van der Waals surface area contributed by atoms with E-state index in [0.717, 1.165) is 0 Å². The van der Waals surface area contributed by atoms with Crippen molar-refractivity contribution in [1.29, 1.82) is 0 Å². The minimum absolute atomic E-state index is 0.0680. The quantitative estimate of drug-likeness (QED) is 0.633. The van der Waals surface area contributed by atoms with E-state index in [9.17, 15) is 14.7 Å². The molecule has 7 nitrogen and oxygen atoms in total. The van der Waals surface area contributed by atoms with Gasteiger partial charge in [0.15, 0.2) is 0 Å². The Morgan fingerprint density at radius 3 is 2.68 bits per heavy atom. The molecule has 1 aliphatic heterocycles. The lowest BCUT2D eigenvalue weighted by molar-refractivity contribution is -0.124. The predicted octanol–water partition coefficient (Wildman–Crippen LogP) is -0.696. The fourth-order valence-corrected chi connectivity index (χ4v) is 1.79. The van der Waals surface area contributed by atoms with Gasteiger partial charge in [0, 0.05) is 12.1 Å². The van der Waals surface area contributed by atoms with Crippen molar-refractivity contribution in [2.75, 3.05) is 32.9 Å². The normalized spacial score (nSPS) is 20.9. The lowest BCUT2D eigenvalue weighted by atomic mass is 10.1. The standard InChI is InChI=1S/C12H23N3O4/c1-12(2,3)14-11(18)13-10(17)6-15-4-5-19-8-9(15)7-16/h9,16H,4-8H2,1-3H3,(H2,13,14,17,18). The summed E-state index contributed by atoms with van der Waals surface area (Å²) >= 11 is 0. The summed E-state index contributed by atoms with van der Waals surface area (Å²) in [5.74, 6) is -0.387. The Balaban J connectivity index is 2.39. The Bertz CT molecular complexity index is 327. The molecule has 1 fully saturated rings. The number of rotatable bonds is 3. The molecular formula is C12H23N3O4. The van der Waals surface area contributed by atoms with Gasteiger partial charge in [-0.3, -0.25) is 15.0 Å². The molecule has 0 spiro atoms. The average Bonchev–Trinajstić information content (AvgIpc) is 2.26. The van der Waals surface area contributed by atoms with Crippen molar-refractivity contribution in [2.24, 2.45) is 0 Å². The highest BCUT2D eigenvalue weighted by Crippen LogP contribution is 2.05. The molecule has 0 aromatic heterocycles. The first-order chi connectivity index (χ1) is 8.81. The zero-order valence-electron chi connectivity index (χ0n) is 11.7. The summed E-state index contributed by atoms with van der Waals surface area (Å²) in [4.78, 5) is 25.1. The number of ether oxygens (including phenoxy) is 1. The molecule has 110 valence electrons. The van der Waals surface area contributed by atoms with E-state index in [1.54, 1.807) is 0 Å². The zero-order chi connectivity index (χ0) is 14.5. The van der Waals surface area contributed by atoms with Gasteiger partial charge < -0.3 is 15.2 Å². The van der Waals surface area contributed by atoms with Gasteiger partial charge in [0.05, 0.1) is 32.4 Å². The molecule has 0 aromatic rings. The third-order valence-electron chi connectivity index (χ3n) is 2.65. The maximum absolute atomic E-state index is 11.7. The van der Waals surface area contributed by atoms with Crippen LogP contribution in [0.5, 0.6) is 0 Å². The number of hydrogen-bond donors (Lipinski definition) is 3. The molecule has 0 saturated carbocycles. The van der Waals surface area contributed by atoms with Crippen molar-refractivity contribution in [3.8, 4) is 0 Å². The van der Waals surface area contributed by atoms with Crippen LogP contribution >= 0.6 is 0 Å². The number of carbonyl (C=O) groups is 2. The highest BCUT2D eigenvalue weighted by Gasteiger charge is 2.25. The van der Waals surface area contributed by atoms with Crippen LogP contribution in [0, 0.1) is 0 Å². The van der Waals surface area contributed by atoms with Crippen LogP contribution in [-0.4, -0.2) is 66.4 Å². The number of aliphatic hydroxyl groups excluding tert-OH is 1. The zero-order valence-corrected chi connectivity index (χ0v) is 11.7. The van der Waals surface area contributed by atoms with E-state index < -0.39 is 11.6 Å². The lowest BCUT2D eigenvalue weighted by Gasteiger charge is -2.33. The minimum Gasteiger partial charge on any atom is -0.395 e. The van der Waals surface area contributed by atoms with E-state index in [2.05, 4.69) is 10.6 Å². The second-order valence-corrected chi connectivity index (χ2v) is 5.63. The molecule has 0 aliphatic carbocycles. The number of imide groups is 1. The van der Waals surface area contributed by atoms with Crippen molar-refractivity contribution in [2.45, 2.75) is 32.4 Å². The van der Waals surface area contributed by atoms with E-state index in [-0.39, 0.29) is 25.1 Å². The van der Waals surface area contributed by atoms with Crippen molar-refractivity contribution >= 4 is 11.9 Å². The highest BCUT2D eigenvalue weighted by molar-refractivity contribution is 5.95. The Morgan fingerprint density at radius 1 is 1.42 bits per heavy atom. The van der Waals surface area contributed by atoms with E-state index in [0.29, 0.717) is 19.8 Å². The first-order valence-electron chi connectivity index (χ1n) is 6.36. The number of aliphatic hydroxyl groups is 1. The van der Waals surface area contributed by atoms with Crippen LogP contribution in [0.25, 0.3) is 0 Å². The van der Waals surface area contributed by atoms with Gasteiger partial charge in [-0.05, 0) is 20.8 Å². The third kappa shape index (κ3) is 6.00. The molecule has 1 rings (SSSR count). The molecule has 19 heavy (non-hydrogen) atoms. The molecule has 0 aromatic carbocycles. The minimum atomic E-state index is -0.508. The number of urea groups is 1. The largest absolute Gasteiger partial charge is 0.395 e. The van der Waals surface area contributed by atoms with E-state index >= 15 is 0 Å². The van der Waals surface area contributed by atoms with Gasteiger partial charge in [0.2, 0.25) is 5.91 Å². The molecule has 1 aliphatic rings. The van der Waals surface area contributed by atoms with Crippen LogP contribution in [0.15, 0.2) is 0 Å². The highest BCUT2D eigenvalue weighted by atomic mass is 16.5. The SMILES string of the molecule is CC(C)(C)NC(=O)NC(=O)CN1CCOCC1CO. The van der Waals surface area contributed by atoms with Gasteiger partial charge in [0.25, 0.3) is 0 Å². The van der Waals surface area contributed by atoms with Crippen LogP contribution in [0.1, 0.15) is 20.8 Å². The Hall–Kier alpha value is -1.18. The van der Waals surface area contributed by atoms with Crippen LogP contribution in [-0.2, 0) is 9.53 Å². The smallest absolute Gasteiger partial charge is 0.321 e. The van der Waals surface area contributed by atoms with Gasteiger partial charge in [-0.2, -0.15) is 0 Å². The second kappa shape index (κ2) is 6.83. The molecular weight excluding hydrogens is 250 g/mol. The van der Waals surface area contributed by atoms with Gasteiger partial charge in [-0.1, -0.05) is 0 Å². The van der Waals surface area contributed by atoms with E-state index in [1.165, 1.54) is 0 Å². The van der Waals surface area contributed by atoms with Crippen molar-refractivity contribution in [3.63, 3.8) is 0 Å². The lowest BCUT2D eigenvalue weighted by Crippen LogP contribution is -2.54. The Kier molecular flexibility index (Phi) is 5.71. The third-order valence-corrected chi connectivity index (χ3v) is 2.65. The van der Waals surface area contributed by atoms with Crippen molar-refractivity contribution in [1.82, 2.24) is 15.5 Å². The first kappa shape index (κ1) is 15.9. The summed E-state index contributed by atoms with van der Waals surface area (Å²) in [5.41, 5.74) is -0.392. The van der Waals surface area contributed by atoms with Gasteiger partial charge in [-0.25, -0.2) is 4.79 Å². The van der Waals surface area contributed by atoms with Crippen LogP contribution in [0.3, 0.4) is 0 Å². The molecule has 7 heteroatoms. The van der Waals surface area contributed by atoms with Crippen LogP contribution < -0.4 is 10.6 Å². The summed E-state index contributed by atoms with van der Waals surface area (Å²) in [6.07, 6.45) is 0. The molecule has 3 N–H and O–H groups in total. The Morgan fingerprint density at radius 2 is 2.11 bits per heavy atom. The van der Waals surface area contributed by atoms with Crippen LogP contribution in [0.2, 0.25) is 0 Å². The number of carbonyl (C=O) groups excluding carboxylic acids is 2. The maximum atomic E-state index is 11.7. The monoisotopic (exact) mass is 273 g/mol. The number of amides is 3. The molecule has 1 saturated heterocycles. The summed E-state index contributed by atoms with van der Waals surface area (Å²) in [6, 6.07) is -0.698. The molecule has 0 radical (unpaired) electrons. The fraction of sp³-hybridized carbons (Fsp3) is 0.833. The fourth-order valence-electron chi connectivity index (χ4n) is 1.79. The second-order valence-electron chi connectivity index (χ2n) is 5.63. The molecule has 0 bridgehead atoms. The van der Waals surface area contributed by atoms with Crippen molar-refractivity contribution in [3.05, 3.63) is 0 Å². The van der Waals surface area contributed by atoms with Gasteiger partial charge in [0.1, 0.15) is 0 Å². The average molecular weight is 273 g/mol. The topological polar surface area (TPSA) is 90.9 Å². The van der Waals surface area contributed by atoms with Crippen LogP contribution in [0.4, 0.5) is 4.79 Å². The molecule has 1 heterocycles. The first-order valence-corrected chi connectivity index (χ1v) is 6.36. The van der Waals surface area contributed by atoms with E-state index in [1.807, 2.05) is 25.7 Å². The number of nitrogens with one attached hydrogen (secondary N) is 2. The number of hydrogen-bond acceptors (Lipinski definition) is 5. The summed E-state index contributed by atoms with van der Waals surface area (Å²) < 4.78 is 5.22. The summed E-state index contributed by atoms with van der Waals surface area (Å²) in [6.45, 7) is 7.01. The summed E-state index contributed by atoms with van der Waals surface area (Å²) in [5, 5.41) is 14.1. The number of morpholine rings is 1.